The Labute approximate surface area is 248 Å². The van der Waals surface area contributed by atoms with E-state index < -0.39 is 0 Å². The largest absolute Gasteiger partial charge is 0.292 e. The molecule has 4 aromatic rings. The van der Waals surface area contributed by atoms with Crippen LogP contribution in [0.5, 0.6) is 0 Å². The fraction of sp³-hybridized carbons (Fsp3) is 0.421. The van der Waals surface area contributed by atoms with E-state index in [0.717, 1.165) is 53.7 Å². The summed E-state index contributed by atoms with van der Waals surface area (Å²) in [7, 11) is 0. The van der Waals surface area contributed by atoms with Crippen LogP contribution in [0.3, 0.4) is 0 Å². The summed E-state index contributed by atoms with van der Waals surface area (Å²) in [5, 5.41) is 9.97. The number of para-hydroxylation sites is 2. The molecule has 0 saturated heterocycles. The third kappa shape index (κ3) is 6.48. The van der Waals surface area contributed by atoms with Gasteiger partial charge in [-0.15, -0.1) is 0 Å². The van der Waals surface area contributed by atoms with Gasteiger partial charge in [-0.3, -0.25) is 4.57 Å². The van der Waals surface area contributed by atoms with Crippen LogP contribution in [0.25, 0.3) is 28.1 Å². The third-order valence-corrected chi connectivity index (χ3v) is 8.39. The van der Waals surface area contributed by atoms with Crippen LogP contribution in [-0.4, -0.2) is 9.55 Å². The lowest BCUT2D eigenvalue weighted by Gasteiger charge is -2.29. The summed E-state index contributed by atoms with van der Waals surface area (Å²) < 4.78 is 2.40. The van der Waals surface area contributed by atoms with Crippen LogP contribution in [0.15, 0.2) is 72.8 Å². The van der Waals surface area contributed by atoms with Gasteiger partial charge in [-0.05, 0) is 78.0 Å². The summed E-state index contributed by atoms with van der Waals surface area (Å²) in [6.45, 7) is 18.2. The van der Waals surface area contributed by atoms with Gasteiger partial charge in [0, 0.05) is 11.0 Å². The van der Waals surface area contributed by atoms with Crippen molar-refractivity contribution in [2.45, 2.75) is 86.5 Å². The number of hydrogen-bond acceptors (Lipinski definition) is 2. The minimum Gasteiger partial charge on any atom is -0.292 e. The molecule has 3 nitrogen and oxygen atoms in total. The summed E-state index contributed by atoms with van der Waals surface area (Å²) >= 11 is 0. The highest BCUT2D eigenvalue weighted by Gasteiger charge is 2.28. The first-order valence-corrected chi connectivity index (χ1v) is 15.4. The summed E-state index contributed by atoms with van der Waals surface area (Å²) in [6.07, 6.45) is 8.71. The van der Waals surface area contributed by atoms with E-state index in [1.165, 1.54) is 22.4 Å². The monoisotopic (exact) mass is 545 g/mol. The first-order chi connectivity index (χ1) is 19.6. The lowest BCUT2D eigenvalue weighted by atomic mass is 9.76. The Bertz CT molecular complexity index is 1530. The maximum absolute atomic E-state index is 9.97. The summed E-state index contributed by atoms with van der Waals surface area (Å²) in [6, 6.07) is 24.0. The molecule has 2 atom stereocenters. The van der Waals surface area contributed by atoms with Crippen molar-refractivity contribution in [3.8, 4) is 23.1 Å². The van der Waals surface area contributed by atoms with Gasteiger partial charge >= 0.3 is 0 Å². The topological polar surface area (TPSA) is 41.6 Å². The highest BCUT2D eigenvalue weighted by molar-refractivity contribution is 5.85. The fourth-order valence-electron chi connectivity index (χ4n) is 5.82. The van der Waals surface area contributed by atoms with E-state index in [-0.39, 0.29) is 5.41 Å². The SMILES string of the molecule is CCC(C)/C=C\C(C)(CC)c1ccccc1-c1nc2ccccc2n1-c1c(CC(C)C)cc(C#N)cc1CC(C)C. The molecule has 2 unspecified atom stereocenters. The van der Waals surface area contributed by atoms with Crippen LogP contribution in [-0.2, 0) is 18.3 Å². The summed E-state index contributed by atoms with van der Waals surface area (Å²) in [5.41, 5.74) is 8.78. The van der Waals surface area contributed by atoms with Gasteiger partial charge < -0.3 is 0 Å². The molecule has 0 aliphatic carbocycles. The molecule has 1 heterocycles. The number of aromatic nitrogens is 2. The van der Waals surface area contributed by atoms with E-state index in [1.807, 2.05) is 0 Å². The maximum atomic E-state index is 9.97. The molecule has 0 aliphatic rings. The van der Waals surface area contributed by atoms with E-state index in [9.17, 15) is 5.26 Å². The lowest BCUT2D eigenvalue weighted by molar-refractivity contribution is 0.563. The molecule has 0 spiro atoms. The van der Waals surface area contributed by atoms with Crippen molar-refractivity contribution in [1.82, 2.24) is 9.55 Å². The molecule has 0 fully saturated rings. The zero-order chi connectivity index (χ0) is 29.7. The van der Waals surface area contributed by atoms with Gasteiger partial charge in [0.2, 0.25) is 0 Å². The highest BCUT2D eigenvalue weighted by Crippen LogP contribution is 2.40. The Kier molecular flexibility index (Phi) is 9.54. The number of nitrogens with zero attached hydrogens (tertiary/aromatic N) is 3. The van der Waals surface area contributed by atoms with Gasteiger partial charge in [0.1, 0.15) is 5.82 Å². The van der Waals surface area contributed by atoms with Crippen molar-refractivity contribution in [3.05, 3.63) is 95.1 Å². The van der Waals surface area contributed by atoms with Crippen molar-refractivity contribution in [1.29, 1.82) is 5.26 Å². The van der Waals surface area contributed by atoms with E-state index in [0.29, 0.717) is 17.8 Å². The van der Waals surface area contributed by atoms with Crippen molar-refractivity contribution in [2.24, 2.45) is 17.8 Å². The minimum atomic E-state index is -0.130. The molecule has 4 rings (SSSR count). The molecule has 3 aromatic carbocycles. The number of benzene rings is 3. The first kappa shape index (κ1) is 30.3. The molecule has 1 aromatic heterocycles. The van der Waals surface area contributed by atoms with E-state index >= 15 is 0 Å². The Morgan fingerprint density at radius 2 is 1.51 bits per heavy atom. The first-order valence-electron chi connectivity index (χ1n) is 15.4. The van der Waals surface area contributed by atoms with Crippen molar-refractivity contribution in [2.75, 3.05) is 0 Å². The smallest absolute Gasteiger partial charge is 0.146 e. The van der Waals surface area contributed by atoms with Gasteiger partial charge in [-0.2, -0.15) is 5.26 Å². The highest BCUT2D eigenvalue weighted by atomic mass is 15.1. The average Bonchev–Trinajstić information content (AvgIpc) is 3.34. The average molecular weight is 546 g/mol. The van der Waals surface area contributed by atoms with Crippen LogP contribution >= 0.6 is 0 Å². The number of imidazole rings is 1. The van der Waals surface area contributed by atoms with Gasteiger partial charge in [-0.25, -0.2) is 4.98 Å². The molecule has 0 bridgehead atoms. The van der Waals surface area contributed by atoms with Crippen LogP contribution in [0, 0.1) is 29.1 Å². The Morgan fingerprint density at radius 3 is 2.10 bits per heavy atom. The molecule has 3 heteroatoms. The fourth-order valence-corrected chi connectivity index (χ4v) is 5.82. The number of rotatable bonds is 11. The number of allylic oxidation sites excluding steroid dienone is 2. The number of nitriles is 1. The Morgan fingerprint density at radius 1 is 0.902 bits per heavy atom. The van der Waals surface area contributed by atoms with Gasteiger partial charge in [0.15, 0.2) is 0 Å². The summed E-state index contributed by atoms with van der Waals surface area (Å²) in [4.78, 5) is 5.34. The van der Waals surface area contributed by atoms with E-state index in [1.54, 1.807) is 0 Å². The minimum absolute atomic E-state index is 0.130. The lowest BCUT2D eigenvalue weighted by Crippen LogP contribution is -2.20. The maximum Gasteiger partial charge on any atom is 0.146 e. The van der Waals surface area contributed by atoms with Crippen LogP contribution < -0.4 is 0 Å². The molecule has 0 amide bonds. The standard InChI is InChI=1S/C38H47N3/c1-9-28(7)19-20-38(8,10-2)33-16-12-11-15-32(33)37-40-34-17-13-14-18-35(34)41(37)36-30(21-26(3)4)23-29(25-39)24-31(36)22-27(5)6/h11-20,23-24,26-28H,9-10,21-22H2,1-8H3/b20-19-. The van der Waals surface area contributed by atoms with Gasteiger partial charge in [-0.1, -0.05) is 110 Å². The molecule has 0 aliphatic heterocycles. The second-order valence-electron chi connectivity index (χ2n) is 12.8. The van der Waals surface area contributed by atoms with Crippen molar-refractivity contribution >= 4 is 11.0 Å². The molecular formula is C38H47N3. The predicted molar refractivity (Wildman–Crippen MR) is 175 cm³/mol. The summed E-state index contributed by atoms with van der Waals surface area (Å²) in [5.74, 6) is 2.41. The number of hydrogen-bond donors (Lipinski definition) is 0. The predicted octanol–water partition coefficient (Wildman–Crippen LogP) is 10.2. The molecule has 214 valence electrons. The van der Waals surface area contributed by atoms with Crippen LogP contribution in [0.2, 0.25) is 0 Å². The second kappa shape index (κ2) is 12.9. The molecule has 0 N–H and O–H groups in total. The van der Waals surface area contributed by atoms with Crippen molar-refractivity contribution in [3.63, 3.8) is 0 Å². The zero-order valence-electron chi connectivity index (χ0n) is 26.3. The van der Waals surface area contributed by atoms with E-state index in [2.05, 4.69) is 139 Å². The van der Waals surface area contributed by atoms with Crippen LogP contribution in [0.1, 0.15) is 90.5 Å². The third-order valence-electron chi connectivity index (χ3n) is 8.39. The Balaban J connectivity index is 2.10. The normalized spacial score (nSPS) is 14.2. The van der Waals surface area contributed by atoms with Gasteiger partial charge in [0.05, 0.1) is 28.4 Å². The molecular weight excluding hydrogens is 498 g/mol. The van der Waals surface area contributed by atoms with Gasteiger partial charge in [0.25, 0.3) is 0 Å². The molecule has 41 heavy (non-hydrogen) atoms. The van der Waals surface area contributed by atoms with Crippen molar-refractivity contribution < 1.29 is 0 Å². The number of fused-ring (bicyclic) bond motifs is 1. The molecule has 0 radical (unpaired) electrons. The Hall–Kier alpha value is -3.64. The second-order valence-corrected chi connectivity index (χ2v) is 12.8. The van der Waals surface area contributed by atoms with E-state index in [4.69, 9.17) is 4.98 Å². The quantitative estimate of drug-likeness (QED) is 0.176. The zero-order valence-corrected chi connectivity index (χ0v) is 26.3. The molecule has 0 saturated carbocycles. The van der Waals surface area contributed by atoms with Crippen LogP contribution in [0.4, 0.5) is 0 Å².